The fourth-order valence-corrected chi connectivity index (χ4v) is 8.09. The average Bonchev–Trinajstić information content (AvgIpc) is 3.72. The van der Waals surface area contributed by atoms with Crippen LogP contribution in [0, 0.1) is 17.8 Å². The second-order valence-corrected chi connectivity index (χ2v) is 12.1. The van der Waals surface area contributed by atoms with Crippen LogP contribution in [0.15, 0.2) is 53.0 Å². The molecule has 6 rings (SSSR count). The molecule has 3 aliphatic rings. The zero-order valence-electron chi connectivity index (χ0n) is 20.3. The molecule has 0 unspecified atom stereocenters. The van der Waals surface area contributed by atoms with Crippen molar-refractivity contribution in [2.45, 2.75) is 43.8 Å². The molecule has 35 heavy (non-hydrogen) atoms. The molecule has 0 N–H and O–H groups in total. The first-order valence-electron chi connectivity index (χ1n) is 12.9. The molecule has 0 radical (unpaired) electrons. The van der Waals surface area contributed by atoms with Crippen molar-refractivity contribution in [3.05, 3.63) is 47.8 Å². The molecular weight excluding hydrogens is 474 g/mol. The highest BCUT2D eigenvalue weighted by molar-refractivity contribution is 7.99. The van der Waals surface area contributed by atoms with E-state index in [0.717, 1.165) is 53.9 Å². The number of hydrogen-bond acceptors (Lipinski definition) is 6. The summed E-state index contributed by atoms with van der Waals surface area (Å²) in [5.74, 6) is 3.99. The normalized spacial score (nSPS) is 24.8. The van der Waals surface area contributed by atoms with Crippen LogP contribution in [-0.2, 0) is 4.79 Å². The summed E-state index contributed by atoms with van der Waals surface area (Å²) < 4.78 is 2.35. The van der Waals surface area contributed by atoms with Gasteiger partial charge in [0.25, 0.3) is 0 Å². The van der Waals surface area contributed by atoms with E-state index in [-0.39, 0.29) is 5.91 Å². The SMILES string of the molecule is C[C@H]([C@H]1C[C@H]2CC[C@H]1C2)n1c(SCC(=O)N2CCN(c3ccccc3)CC2)nnc1-c1cccs1. The minimum absolute atomic E-state index is 0.197. The highest BCUT2D eigenvalue weighted by atomic mass is 32.2. The predicted molar refractivity (Wildman–Crippen MR) is 143 cm³/mol. The van der Waals surface area contributed by atoms with Gasteiger partial charge in [-0.1, -0.05) is 42.4 Å². The van der Waals surface area contributed by atoms with Gasteiger partial charge < -0.3 is 9.80 Å². The van der Waals surface area contributed by atoms with Crippen molar-refractivity contribution in [2.24, 2.45) is 17.8 Å². The first kappa shape index (κ1) is 23.1. The number of piperazine rings is 1. The Bertz CT molecular complexity index is 1140. The number of carbonyl (C=O) groups is 1. The summed E-state index contributed by atoms with van der Waals surface area (Å²) in [6.45, 7) is 5.63. The fourth-order valence-electron chi connectivity index (χ4n) is 6.46. The monoisotopic (exact) mass is 507 g/mol. The van der Waals surface area contributed by atoms with Crippen LogP contribution < -0.4 is 4.90 Å². The molecule has 3 fully saturated rings. The van der Waals surface area contributed by atoms with Crippen LogP contribution in [-0.4, -0.2) is 57.5 Å². The molecule has 2 aromatic heterocycles. The topological polar surface area (TPSA) is 54.3 Å². The van der Waals surface area contributed by atoms with Crippen molar-refractivity contribution < 1.29 is 4.79 Å². The van der Waals surface area contributed by atoms with Crippen molar-refractivity contribution in [1.29, 1.82) is 0 Å². The van der Waals surface area contributed by atoms with Crippen LogP contribution in [0.4, 0.5) is 5.69 Å². The van der Waals surface area contributed by atoms with E-state index >= 15 is 0 Å². The zero-order chi connectivity index (χ0) is 23.8. The molecule has 1 amide bonds. The summed E-state index contributed by atoms with van der Waals surface area (Å²) in [5, 5.41) is 12.2. The number of carbonyl (C=O) groups excluding carboxylic acids is 1. The minimum Gasteiger partial charge on any atom is -0.368 e. The lowest BCUT2D eigenvalue weighted by Crippen LogP contribution is -2.49. The summed E-state index contributed by atoms with van der Waals surface area (Å²) >= 11 is 3.27. The molecular formula is C27H33N5OS2. The number of nitrogens with zero attached hydrogens (tertiary/aromatic N) is 5. The van der Waals surface area contributed by atoms with E-state index in [1.165, 1.54) is 31.4 Å². The Morgan fingerprint density at radius 1 is 1.06 bits per heavy atom. The van der Waals surface area contributed by atoms with Gasteiger partial charge >= 0.3 is 0 Å². The molecule has 2 bridgehead atoms. The number of para-hydroxylation sites is 1. The molecule has 0 spiro atoms. The van der Waals surface area contributed by atoms with Crippen molar-refractivity contribution in [3.8, 4) is 10.7 Å². The van der Waals surface area contributed by atoms with E-state index < -0.39 is 0 Å². The number of hydrogen-bond donors (Lipinski definition) is 0. The van der Waals surface area contributed by atoms with Gasteiger partial charge in [-0.2, -0.15) is 0 Å². The number of benzene rings is 1. The molecule has 1 aromatic carbocycles. The van der Waals surface area contributed by atoms with Crippen LogP contribution in [0.25, 0.3) is 10.7 Å². The molecule has 1 saturated heterocycles. The number of fused-ring (bicyclic) bond motifs is 2. The lowest BCUT2D eigenvalue weighted by Gasteiger charge is -2.36. The van der Waals surface area contributed by atoms with Gasteiger partial charge in [-0.25, -0.2) is 0 Å². The molecule has 1 aliphatic heterocycles. The summed E-state index contributed by atoms with van der Waals surface area (Å²) in [4.78, 5) is 18.6. The third-order valence-corrected chi connectivity index (χ3v) is 10.1. The molecule has 2 aliphatic carbocycles. The highest BCUT2D eigenvalue weighted by Gasteiger charge is 2.43. The average molecular weight is 508 g/mol. The van der Waals surface area contributed by atoms with Crippen LogP contribution in [0.1, 0.15) is 38.6 Å². The van der Waals surface area contributed by atoms with Gasteiger partial charge in [0, 0.05) is 37.9 Å². The van der Waals surface area contributed by atoms with E-state index in [9.17, 15) is 4.79 Å². The molecule has 4 atom stereocenters. The molecule has 184 valence electrons. The Balaban J connectivity index is 1.14. The lowest BCUT2D eigenvalue weighted by atomic mass is 9.84. The quantitative estimate of drug-likeness (QED) is 0.398. The summed E-state index contributed by atoms with van der Waals surface area (Å²) in [7, 11) is 0. The molecule has 3 aromatic rings. The van der Waals surface area contributed by atoms with Gasteiger partial charge in [0.05, 0.1) is 10.6 Å². The smallest absolute Gasteiger partial charge is 0.233 e. The lowest BCUT2D eigenvalue weighted by molar-refractivity contribution is -0.128. The van der Waals surface area contributed by atoms with Gasteiger partial charge in [0.2, 0.25) is 5.91 Å². The van der Waals surface area contributed by atoms with Crippen molar-refractivity contribution in [2.75, 3.05) is 36.8 Å². The van der Waals surface area contributed by atoms with Crippen molar-refractivity contribution in [1.82, 2.24) is 19.7 Å². The standard InChI is InChI=1S/C27H33N5OS2/c1-19(23-17-20-9-10-21(23)16-20)32-26(24-8-5-15-34-24)28-29-27(32)35-18-25(33)31-13-11-30(12-14-31)22-6-3-2-4-7-22/h2-8,15,19-21,23H,9-14,16-18H2,1H3/t19-,20+,21+,23-/m1/s1. The minimum atomic E-state index is 0.197. The Hall–Kier alpha value is -2.32. The maximum absolute atomic E-state index is 13.1. The second kappa shape index (κ2) is 9.97. The molecule has 2 saturated carbocycles. The van der Waals surface area contributed by atoms with Gasteiger partial charge in [0.1, 0.15) is 0 Å². The van der Waals surface area contributed by atoms with E-state index in [2.05, 4.69) is 68.4 Å². The second-order valence-electron chi connectivity index (χ2n) is 10.2. The summed E-state index contributed by atoms with van der Waals surface area (Å²) in [5.41, 5.74) is 1.23. The maximum Gasteiger partial charge on any atom is 0.233 e. The molecule has 6 nitrogen and oxygen atoms in total. The van der Waals surface area contributed by atoms with E-state index in [1.54, 1.807) is 23.1 Å². The summed E-state index contributed by atoms with van der Waals surface area (Å²) in [6, 6.07) is 15.0. The number of amides is 1. The largest absolute Gasteiger partial charge is 0.368 e. The number of anilines is 1. The molecule has 3 heterocycles. The number of aromatic nitrogens is 3. The maximum atomic E-state index is 13.1. The molecule has 8 heteroatoms. The van der Waals surface area contributed by atoms with Gasteiger partial charge in [0.15, 0.2) is 11.0 Å². The van der Waals surface area contributed by atoms with Crippen LogP contribution in [0.5, 0.6) is 0 Å². The Morgan fingerprint density at radius 2 is 1.89 bits per heavy atom. The Kier molecular flexibility index (Phi) is 6.58. The number of thiophene rings is 1. The van der Waals surface area contributed by atoms with Gasteiger partial charge in [-0.15, -0.1) is 21.5 Å². The van der Waals surface area contributed by atoms with Gasteiger partial charge in [-0.05, 0) is 67.5 Å². The van der Waals surface area contributed by atoms with Crippen LogP contribution >= 0.6 is 23.1 Å². The van der Waals surface area contributed by atoms with Crippen molar-refractivity contribution >= 4 is 34.7 Å². The van der Waals surface area contributed by atoms with Crippen molar-refractivity contribution in [3.63, 3.8) is 0 Å². The fraction of sp³-hybridized carbons (Fsp3) is 0.519. The predicted octanol–water partition coefficient (Wildman–Crippen LogP) is 5.44. The van der Waals surface area contributed by atoms with E-state index in [0.29, 0.717) is 17.7 Å². The number of rotatable bonds is 7. The first-order chi connectivity index (χ1) is 17.2. The third-order valence-electron chi connectivity index (χ3n) is 8.30. The van der Waals surface area contributed by atoms with Gasteiger partial charge in [-0.3, -0.25) is 9.36 Å². The zero-order valence-corrected chi connectivity index (χ0v) is 21.9. The number of thioether (sulfide) groups is 1. The summed E-state index contributed by atoms with van der Waals surface area (Å²) in [6.07, 6.45) is 5.48. The Labute approximate surface area is 215 Å². The Morgan fingerprint density at radius 3 is 2.57 bits per heavy atom. The van der Waals surface area contributed by atoms with E-state index in [4.69, 9.17) is 0 Å². The first-order valence-corrected chi connectivity index (χ1v) is 14.7. The highest BCUT2D eigenvalue weighted by Crippen LogP contribution is 2.53. The van der Waals surface area contributed by atoms with E-state index in [1.807, 2.05) is 11.0 Å². The third kappa shape index (κ3) is 4.62. The van der Waals surface area contributed by atoms with Crippen LogP contribution in [0.3, 0.4) is 0 Å². The van der Waals surface area contributed by atoms with Crippen LogP contribution in [0.2, 0.25) is 0 Å².